The van der Waals surface area contributed by atoms with Gasteiger partial charge in [-0.25, -0.2) is 0 Å². The molecule has 4 heteroatoms. The maximum atomic E-state index is 12.5. The Hall–Kier alpha value is -1.06. The maximum Gasteiger partial charge on any atom is 0.220 e. The summed E-state index contributed by atoms with van der Waals surface area (Å²) in [6.07, 6.45) is 35.5. The fourth-order valence-electron chi connectivity index (χ4n) is 5.65. The van der Waals surface area contributed by atoms with Gasteiger partial charge < -0.3 is 10.6 Å². The molecule has 244 valence electrons. The normalized spacial score (nSPS) is 12.1. The summed E-state index contributed by atoms with van der Waals surface area (Å²) in [5.74, 6) is 0.573. The molecule has 0 aromatic heterocycles. The van der Waals surface area contributed by atoms with Crippen LogP contribution in [-0.2, 0) is 9.59 Å². The van der Waals surface area contributed by atoms with Gasteiger partial charge in [-0.05, 0) is 18.8 Å². The average molecular weight is 579 g/mol. The molecule has 0 saturated carbocycles. The first-order valence-electron chi connectivity index (χ1n) is 18.6. The lowest BCUT2D eigenvalue weighted by Crippen LogP contribution is -2.46. The van der Waals surface area contributed by atoms with Crippen LogP contribution in [0.25, 0.3) is 0 Å². The van der Waals surface area contributed by atoms with Crippen molar-refractivity contribution in [1.29, 1.82) is 0 Å². The molecule has 0 saturated heterocycles. The van der Waals surface area contributed by atoms with E-state index < -0.39 is 0 Å². The molecule has 0 rings (SSSR count). The third kappa shape index (κ3) is 30.2. The van der Waals surface area contributed by atoms with Crippen LogP contribution in [0.3, 0.4) is 0 Å². The van der Waals surface area contributed by atoms with Crippen LogP contribution in [0, 0.1) is 5.92 Å². The standard InChI is InChI=1S/C37H74N2O2/c1-5-7-9-11-13-15-17-18-19-20-22-23-25-27-29-31-36(40)38-33-35(34(3)4)39-37(41)32-30-28-26-24-21-16-14-12-10-8-6-2/h34-35H,5-33H2,1-4H3,(H,38,40)(H,39,41)/t35-/m0/s1. The summed E-state index contributed by atoms with van der Waals surface area (Å²) in [6.45, 7) is 9.33. The molecule has 0 heterocycles. The number of carbonyl (C=O) groups is 2. The largest absolute Gasteiger partial charge is 0.354 e. The van der Waals surface area contributed by atoms with E-state index in [-0.39, 0.29) is 17.9 Å². The molecule has 0 aliphatic rings. The van der Waals surface area contributed by atoms with E-state index >= 15 is 0 Å². The summed E-state index contributed by atoms with van der Waals surface area (Å²) in [5, 5.41) is 6.25. The number of unbranched alkanes of at least 4 members (excludes halogenated alkanes) is 24. The van der Waals surface area contributed by atoms with Crippen LogP contribution in [0.2, 0.25) is 0 Å². The molecule has 0 aliphatic heterocycles. The number of nitrogens with one attached hydrogen (secondary N) is 2. The van der Waals surface area contributed by atoms with Crippen LogP contribution in [0.5, 0.6) is 0 Å². The Morgan fingerprint density at radius 3 is 1.05 bits per heavy atom. The van der Waals surface area contributed by atoms with E-state index in [1.54, 1.807) is 0 Å². The van der Waals surface area contributed by atoms with Gasteiger partial charge in [0.05, 0.1) is 0 Å². The van der Waals surface area contributed by atoms with Crippen molar-refractivity contribution in [3.63, 3.8) is 0 Å². The topological polar surface area (TPSA) is 58.2 Å². The van der Waals surface area contributed by atoms with Crippen LogP contribution < -0.4 is 10.6 Å². The van der Waals surface area contributed by atoms with E-state index in [1.165, 1.54) is 141 Å². The molecule has 0 fully saturated rings. The van der Waals surface area contributed by atoms with Gasteiger partial charge in [0.2, 0.25) is 11.8 Å². The number of amides is 2. The maximum absolute atomic E-state index is 12.5. The zero-order valence-corrected chi connectivity index (χ0v) is 28.5. The summed E-state index contributed by atoms with van der Waals surface area (Å²) < 4.78 is 0. The summed E-state index contributed by atoms with van der Waals surface area (Å²) in [6, 6.07) is 0.0141. The Balaban J connectivity index is 3.64. The first kappa shape index (κ1) is 39.9. The number of rotatable bonds is 32. The zero-order chi connectivity index (χ0) is 30.2. The molecule has 0 bridgehead atoms. The van der Waals surface area contributed by atoms with Crippen molar-refractivity contribution in [2.75, 3.05) is 6.54 Å². The van der Waals surface area contributed by atoms with E-state index in [1.807, 2.05) is 0 Å². The SMILES string of the molecule is CCCCCCCCCCCCCCCCCC(=O)NC[C@H](NC(=O)CCCCCCCCCCCCC)C(C)C. The third-order valence-electron chi connectivity index (χ3n) is 8.69. The Morgan fingerprint density at radius 2 is 0.732 bits per heavy atom. The van der Waals surface area contributed by atoms with Gasteiger partial charge in [-0.15, -0.1) is 0 Å². The van der Waals surface area contributed by atoms with Gasteiger partial charge in [-0.3, -0.25) is 9.59 Å². The van der Waals surface area contributed by atoms with Crippen molar-refractivity contribution < 1.29 is 9.59 Å². The van der Waals surface area contributed by atoms with E-state index in [2.05, 4.69) is 38.3 Å². The lowest BCUT2D eigenvalue weighted by molar-refractivity contribution is -0.124. The minimum absolute atomic E-state index is 0.0141. The molecule has 41 heavy (non-hydrogen) atoms. The molecule has 4 nitrogen and oxygen atoms in total. The van der Waals surface area contributed by atoms with Crippen molar-refractivity contribution in [3.05, 3.63) is 0 Å². The van der Waals surface area contributed by atoms with Gasteiger partial charge in [0.15, 0.2) is 0 Å². The van der Waals surface area contributed by atoms with Crippen molar-refractivity contribution in [2.24, 2.45) is 5.92 Å². The lowest BCUT2D eigenvalue weighted by atomic mass is 10.0. The highest BCUT2D eigenvalue weighted by Crippen LogP contribution is 2.14. The molecule has 2 amide bonds. The number of carbonyl (C=O) groups excluding carboxylic acids is 2. The highest BCUT2D eigenvalue weighted by atomic mass is 16.2. The van der Waals surface area contributed by atoms with Crippen molar-refractivity contribution >= 4 is 11.8 Å². The second kappa shape index (κ2) is 31.9. The van der Waals surface area contributed by atoms with E-state index in [4.69, 9.17) is 0 Å². The predicted molar refractivity (Wildman–Crippen MR) is 180 cm³/mol. The van der Waals surface area contributed by atoms with E-state index in [0.717, 1.165) is 25.7 Å². The summed E-state index contributed by atoms with van der Waals surface area (Å²) in [5.41, 5.74) is 0. The number of hydrogen-bond donors (Lipinski definition) is 2. The molecule has 2 N–H and O–H groups in total. The van der Waals surface area contributed by atoms with Gasteiger partial charge in [0.25, 0.3) is 0 Å². The van der Waals surface area contributed by atoms with Crippen LogP contribution in [0.1, 0.15) is 207 Å². The first-order chi connectivity index (χ1) is 20.0. The molecule has 0 spiro atoms. The van der Waals surface area contributed by atoms with Gasteiger partial charge >= 0.3 is 0 Å². The Kier molecular flexibility index (Phi) is 31.0. The lowest BCUT2D eigenvalue weighted by Gasteiger charge is -2.23. The predicted octanol–water partition coefficient (Wildman–Crippen LogP) is 11.2. The van der Waals surface area contributed by atoms with Gasteiger partial charge in [-0.1, -0.05) is 182 Å². The third-order valence-corrected chi connectivity index (χ3v) is 8.69. The minimum Gasteiger partial charge on any atom is -0.354 e. The first-order valence-corrected chi connectivity index (χ1v) is 18.6. The molecule has 1 atom stereocenters. The van der Waals surface area contributed by atoms with Crippen LogP contribution in [0.15, 0.2) is 0 Å². The second-order valence-corrected chi connectivity index (χ2v) is 13.2. The fourth-order valence-corrected chi connectivity index (χ4v) is 5.65. The van der Waals surface area contributed by atoms with E-state index in [0.29, 0.717) is 25.3 Å². The molecular formula is C37H74N2O2. The van der Waals surface area contributed by atoms with Gasteiger partial charge in [-0.2, -0.15) is 0 Å². The molecule has 0 radical (unpaired) electrons. The summed E-state index contributed by atoms with van der Waals surface area (Å²) >= 11 is 0. The molecule has 0 aromatic rings. The smallest absolute Gasteiger partial charge is 0.220 e. The summed E-state index contributed by atoms with van der Waals surface area (Å²) in [7, 11) is 0. The number of hydrogen-bond acceptors (Lipinski definition) is 2. The van der Waals surface area contributed by atoms with Crippen LogP contribution >= 0.6 is 0 Å². The molecule has 0 unspecified atom stereocenters. The molecule has 0 aromatic carbocycles. The molecule has 0 aliphatic carbocycles. The monoisotopic (exact) mass is 579 g/mol. The van der Waals surface area contributed by atoms with Crippen LogP contribution in [-0.4, -0.2) is 24.4 Å². The quantitative estimate of drug-likeness (QED) is 0.0780. The molecular weight excluding hydrogens is 504 g/mol. The average Bonchev–Trinajstić information content (AvgIpc) is 2.95. The van der Waals surface area contributed by atoms with Gasteiger partial charge in [0, 0.05) is 25.4 Å². The summed E-state index contributed by atoms with van der Waals surface area (Å²) in [4.78, 5) is 24.8. The van der Waals surface area contributed by atoms with Gasteiger partial charge in [0.1, 0.15) is 0 Å². The minimum atomic E-state index is 0.0141. The van der Waals surface area contributed by atoms with Crippen molar-refractivity contribution in [1.82, 2.24) is 10.6 Å². The Bertz CT molecular complexity index is 563. The fraction of sp³-hybridized carbons (Fsp3) is 0.946. The second-order valence-electron chi connectivity index (χ2n) is 13.2. The zero-order valence-electron chi connectivity index (χ0n) is 28.5. The Labute approximate surface area is 257 Å². The van der Waals surface area contributed by atoms with E-state index in [9.17, 15) is 9.59 Å². The highest BCUT2D eigenvalue weighted by Gasteiger charge is 2.17. The Morgan fingerprint density at radius 1 is 0.439 bits per heavy atom. The highest BCUT2D eigenvalue weighted by molar-refractivity contribution is 5.77. The van der Waals surface area contributed by atoms with Crippen molar-refractivity contribution in [2.45, 2.75) is 214 Å². The van der Waals surface area contributed by atoms with Crippen molar-refractivity contribution in [3.8, 4) is 0 Å². The van der Waals surface area contributed by atoms with Crippen LogP contribution in [0.4, 0.5) is 0 Å².